The van der Waals surface area contributed by atoms with Crippen molar-refractivity contribution in [1.29, 1.82) is 0 Å². The third-order valence-electron chi connectivity index (χ3n) is 21.2. The monoisotopic (exact) mass is 1550 g/mol. The number of anilines is 2. The maximum Gasteiger partial charge on any atom is 0.410 e. The van der Waals surface area contributed by atoms with E-state index in [4.69, 9.17) is 35.0 Å². The van der Waals surface area contributed by atoms with Crippen LogP contribution >= 0.6 is 0 Å². The van der Waals surface area contributed by atoms with Gasteiger partial charge in [0.05, 0.1) is 45.9 Å². The largest absolute Gasteiger partial charge is 0.477 e. The van der Waals surface area contributed by atoms with Crippen LogP contribution < -0.4 is 37.6 Å². The van der Waals surface area contributed by atoms with E-state index < -0.39 is 17.5 Å². The number of likely N-dealkylation sites (tertiary alicyclic amines) is 1. The molecule has 4 aliphatic rings. The van der Waals surface area contributed by atoms with Gasteiger partial charge in [-0.25, -0.2) is 38.9 Å². The van der Waals surface area contributed by atoms with Crippen LogP contribution in [0.3, 0.4) is 0 Å². The third-order valence-corrected chi connectivity index (χ3v) is 21.2. The van der Waals surface area contributed by atoms with Crippen LogP contribution in [0.5, 0.6) is 0 Å². The number of nitrogens with two attached hydrogens (primary N) is 1. The lowest BCUT2D eigenvalue weighted by molar-refractivity contribution is 0.0183. The number of hydrogen-bond donors (Lipinski definition) is 8. The molecule has 14 rings (SSSR count). The number of nitrogens with zero attached hydrogens (tertiary/aromatic N) is 11. The molecule has 0 unspecified atom stereocenters. The topological polar surface area (TPSA) is 348 Å². The number of aromatic nitrogens is 10. The fourth-order valence-corrected chi connectivity index (χ4v) is 15.0. The van der Waals surface area contributed by atoms with Crippen LogP contribution in [0.2, 0.25) is 0 Å². The van der Waals surface area contributed by atoms with Gasteiger partial charge in [-0.1, -0.05) is 62.4 Å². The molecule has 27 nitrogen and oxygen atoms in total. The van der Waals surface area contributed by atoms with E-state index in [1.165, 1.54) is 42.2 Å². The number of amides is 4. The number of hydrogen-bond acceptors (Lipinski definition) is 20. The molecular formula is C87H108N18O9. The molecule has 0 bridgehead atoms. The molecule has 4 amide bonds. The smallest absolute Gasteiger partial charge is 0.410 e. The molecule has 4 saturated heterocycles. The molecule has 600 valence electrons. The van der Waals surface area contributed by atoms with Crippen LogP contribution in [0, 0.1) is 11.8 Å². The lowest BCUT2D eigenvalue weighted by Crippen LogP contribution is -2.42. The lowest BCUT2D eigenvalue weighted by atomic mass is 9.89. The van der Waals surface area contributed by atoms with E-state index in [1.807, 2.05) is 92.6 Å². The Balaban J connectivity index is 0.000000169. The Hall–Kier alpha value is -11.1. The minimum absolute atomic E-state index is 0.0553. The van der Waals surface area contributed by atoms with E-state index in [0.717, 1.165) is 167 Å². The number of carboxylic acid groups (broad SMARTS) is 1. The van der Waals surface area contributed by atoms with Crippen molar-refractivity contribution in [2.45, 2.75) is 182 Å². The van der Waals surface area contributed by atoms with E-state index in [2.05, 4.69) is 124 Å². The number of fused-ring (bicyclic) bond motifs is 2. The maximum atomic E-state index is 13.5. The summed E-state index contributed by atoms with van der Waals surface area (Å²) in [6.07, 6.45) is 18.5. The molecule has 2 aromatic carbocycles. The van der Waals surface area contributed by atoms with E-state index >= 15 is 0 Å². The Labute approximate surface area is 666 Å². The Morgan fingerprint density at radius 3 is 1.43 bits per heavy atom. The molecule has 0 radical (unpaired) electrons. The average Bonchev–Trinajstić information content (AvgIpc) is 1.56. The first-order valence-corrected chi connectivity index (χ1v) is 40.3. The number of carboxylic acids is 1. The van der Waals surface area contributed by atoms with Gasteiger partial charge < -0.3 is 61.9 Å². The molecule has 27 heteroatoms. The zero-order valence-corrected chi connectivity index (χ0v) is 66.6. The van der Waals surface area contributed by atoms with Gasteiger partial charge in [-0.2, -0.15) is 10.2 Å². The number of nitrogens with one attached hydrogen (secondary N) is 6. The summed E-state index contributed by atoms with van der Waals surface area (Å²) < 4.78 is 20.3. The predicted octanol–water partition coefficient (Wildman–Crippen LogP) is 12.5. The molecule has 4 fully saturated rings. The van der Waals surface area contributed by atoms with Crippen LogP contribution in [0.4, 0.5) is 16.2 Å². The molecule has 9 N–H and O–H groups in total. The third kappa shape index (κ3) is 21.8. The average molecular weight is 1550 g/mol. The second kappa shape index (κ2) is 39.6. The molecule has 0 atom stereocenters. The van der Waals surface area contributed by atoms with Crippen LogP contribution in [-0.2, 0) is 79.2 Å². The zero-order chi connectivity index (χ0) is 80.1. The number of carbonyl (C=O) groups excluding carboxylic acids is 4. The molecule has 0 aliphatic carbocycles. The van der Waals surface area contributed by atoms with Crippen molar-refractivity contribution in [1.82, 2.24) is 75.6 Å². The summed E-state index contributed by atoms with van der Waals surface area (Å²) in [6, 6.07) is 34.9. The Bertz CT molecular complexity index is 4950. The summed E-state index contributed by atoms with van der Waals surface area (Å²) in [5.41, 5.74) is 21.3. The van der Waals surface area contributed by atoms with Crippen molar-refractivity contribution >= 4 is 63.2 Å². The zero-order valence-electron chi connectivity index (χ0n) is 66.6. The minimum atomic E-state index is -1.18. The summed E-state index contributed by atoms with van der Waals surface area (Å²) in [7, 11) is 0. The van der Waals surface area contributed by atoms with Crippen molar-refractivity contribution in [3.8, 4) is 22.5 Å². The number of ether oxygens (including phenoxy) is 3. The van der Waals surface area contributed by atoms with Gasteiger partial charge in [0.2, 0.25) is 0 Å². The normalized spacial score (nSPS) is 15.1. The van der Waals surface area contributed by atoms with Crippen LogP contribution in [0.1, 0.15) is 187 Å². The van der Waals surface area contributed by atoms with Crippen molar-refractivity contribution in [3.63, 3.8) is 0 Å². The maximum absolute atomic E-state index is 13.5. The summed E-state index contributed by atoms with van der Waals surface area (Å²) in [5, 5.41) is 39.8. The number of rotatable bonds is 25. The standard InChI is InChI=1S/C41H49N9O3.C23H28N6O4.C23H31N3O2/c1-3-34-32(38(47-31-14-19-53-20-15-31)33-26-46-50(4-2)39(33)49-34)25-45-41(52)36-10-6-9-35(48-36)40(51)44-24-29-13-18-43-37(23-29)30-8-5-7-28(22-30)21-27-11-16-42-17-12-27;1-3-17-15(12-24-22(30)18-6-5-7-19(27-18)23(31)32)20(26-14-8-10-33-11-9-14)16-13-25-29(4-2)21(16)28-17;1-23(2,3)28-22(27)26-11-8-17(9-12-26)13-18-5-4-6-20(14-18)21-15-19(16-24)7-10-25-21/h5-10,13,18,22-23,26-27,31,42H,3-4,11-12,14-17,19-21,24-25H2,1-2H3,(H,44,51)(H,45,52)(H,47,49);5-7,13-14H,3-4,8-12H2,1-2H3,(H,24,30)(H,26,28)(H,31,32);4-7,10,14-15,17H,8-9,11-13,16,24H2,1-3H3. The molecule has 4 aliphatic heterocycles. The molecule has 114 heavy (non-hydrogen) atoms. The van der Waals surface area contributed by atoms with Crippen LogP contribution in [-0.4, -0.2) is 160 Å². The first kappa shape index (κ1) is 82.3. The fraction of sp³-hybridized carbons (Fsp3) is 0.437. The van der Waals surface area contributed by atoms with Gasteiger partial charge in [-0.3, -0.25) is 24.4 Å². The Morgan fingerprint density at radius 2 is 0.974 bits per heavy atom. The van der Waals surface area contributed by atoms with Gasteiger partial charge in [0.1, 0.15) is 28.4 Å². The Morgan fingerprint density at radius 1 is 0.535 bits per heavy atom. The summed E-state index contributed by atoms with van der Waals surface area (Å²) in [5.74, 6) is -1.07. The van der Waals surface area contributed by atoms with Crippen LogP contribution in [0.15, 0.2) is 134 Å². The number of aromatic carboxylic acids is 1. The highest BCUT2D eigenvalue weighted by Crippen LogP contribution is 2.35. The van der Waals surface area contributed by atoms with Crippen molar-refractivity contribution in [2.24, 2.45) is 17.6 Å². The van der Waals surface area contributed by atoms with Gasteiger partial charge in [-0.15, -0.1) is 0 Å². The van der Waals surface area contributed by atoms with Gasteiger partial charge in [0, 0.05) is 137 Å². The second-order valence-electron chi connectivity index (χ2n) is 30.4. The summed E-state index contributed by atoms with van der Waals surface area (Å²) in [6.45, 7) is 23.1. The van der Waals surface area contributed by atoms with Gasteiger partial charge in [0.25, 0.3) is 17.7 Å². The number of carbonyl (C=O) groups is 5. The van der Waals surface area contributed by atoms with Crippen molar-refractivity contribution in [2.75, 3.05) is 63.2 Å². The Kier molecular flexibility index (Phi) is 28.6. The number of pyridine rings is 6. The molecule has 12 heterocycles. The van der Waals surface area contributed by atoms with E-state index in [9.17, 15) is 24.0 Å². The molecule has 8 aromatic heterocycles. The van der Waals surface area contributed by atoms with Crippen LogP contribution in [0.25, 0.3) is 44.6 Å². The lowest BCUT2D eigenvalue weighted by Gasteiger charge is -2.33. The first-order valence-electron chi connectivity index (χ1n) is 40.3. The summed E-state index contributed by atoms with van der Waals surface area (Å²) >= 11 is 0. The number of benzene rings is 2. The van der Waals surface area contributed by atoms with Gasteiger partial charge in [0.15, 0.2) is 11.3 Å². The number of aryl methyl sites for hydroxylation is 4. The van der Waals surface area contributed by atoms with Gasteiger partial charge >= 0.3 is 12.1 Å². The predicted molar refractivity (Wildman–Crippen MR) is 440 cm³/mol. The van der Waals surface area contributed by atoms with Crippen molar-refractivity contribution in [3.05, 3.63) is 202 Å². The summed E-state index contributed by atoms with van der Waals surface area (Å²) in [4.78, 5) is 92.1. The molecule has 0 spiro atoms. The van der Waals surface area contributed by atoms with Gasteiger partial charge in [-0.05, 0) is 220 Å². The highest BCUT2D eigenvalue weighted by Gasteiger charge is 2.29. The molecule has 10 aromatic rings. The molecular weight excluding hydrogens is 1440 g/mol. The van der Waals surface area contributed by atoms with E-state index in [0.29, 0.717) is 77.3 Å². The number of piperidine rings is 2. The molecule has 0 saturated carbocycles. The highest BCUT2D eigenvalue weighted by atomic mass is 16.6. The quantitative estimate of drug-likeness (QED) is 0.0263. The first-order chi connectivity index (χ1) is 55.3. The van der Waals surface area contributed by atoms with Crippen molar-refractivity contribution < 1.29 is 43.3 Å². The second-order valence-corrected chi connectivity index (χ2v) is 30.4. The van der Waals surface area contributed by atoms with E-state index in [-0.39, 0.29) is 65.9 Å². The SMILES string of the molecule is CC(C)(C)OC(=O)N1CCC(Cc2cccc(-c3cc(CN)ccn3)c2)CC1.CCc1nc2c(cnn2CC)c(NC2CCOCC2)c1CNC(=O)c1cccc(C(=O)NCc2ccnc(-c3cccc(CC4CCNCC4)c3)c2)n1.CCc1nc2c(cnn2CC)c(NC2CCOCC2)c1CNC(=O)c1cccc(C(=O)O)n1. The van der Waals surface area contributed by atoms with E-state index in [1.54, 1.807) is 24.4 Å². The minimum Gasteiger partial charge on any atom is -0.477 e. The highest BCUT2D eigenvalue weighted by molar-refractivity contribution is 5.98. The fourth-order valence-electron chi connectivity index (χ4n) is 15.0.